The molecule has 1 heterocycles. The number of ether oxygens (including phenoxy) is 4. The summed E-state index contributed by atoms with van der Waals surface area (Å²) < 4.78 is 25.4. The molecule has 1 aliphatic carbocycles. The third kappa shape index (κ3) is 4.47. The maximum absolute atomic E-state index is 6.83. The first-order chi connectivity index (χ1) is 14.7. The van der Waals surface area contributed by atoms with Crippen molar-refractivity contribution in [1.82, 2.24) is 0 Å². The van der Waals surface area contributed by atoms with E-state index in [1.807, 2.05) is 24.3 Å². The standard InChI is InChI=1S/C26H34O4/c1-20-26(23-16-10-5-11-17-23,29-19-22-14-8-4-9-15-22)24(25(27-2)30-20)28-18-21-12-6-3-7-13-21/h3-4,6-9,12-15,20,23-25H,5,10-11,16-19H2,1-2H3/t20-,24+,25+,26+/m1/s1. The Bertz CT molecular complexity index is 759. The highest BCUT2D eigenvalue weighted by molar-refractivity contribution is 5.16. The third-order valence-corrected chi connectivity index (χ3v) is 6.75. The van der Waals surface area contributed by atoms with Crippen LogP contribution < -0.4 is 0 Å². The van der Waals surface area contributed by atoms with Gasteiger partial charge in [0.25, 0.3) is 0 Å². The van der Waals surface area contributed by atoms with Gasteiger partial charge in [-0.15, -0.1) is 0 Å². The quantitative estimate of drug-likeness (QED) is 0.576. The summed E-state index contributed by atoms with van der Waals surface area (Å²) in [5.74, 6) is 0.394. The van der Waals surface area contributed by atoms with Crippen molar-refractivity contribution < 1.29 is 18.9 Å². The van der Waals surface area contributed by atoms with Crippen LogP contribution in [0.25, 0.3) is 0 Å². The summed E-state index contributed by atoms with van der Waals surface area (Å²) in [5, 5.41) is 0. The van der Waals surface area contributed by atoms with E-state index in [0.29, 0.717) is 19.1 Å². The van der Waals surface area contributed by atoms with E-state index in [-0.39, 0.29) is 12.2 Å². The molecule has 0 radical (unpaired) electrons. The summed E-state index contributed by atoms with van der Waals surface area (Å²) in [5.41, 5.74) is 1.79. The van der Waals surface area contributed by atoms with Crippen LogP contribution >= 0.6 is 0 Å². The van der Waals surface area contributed by atoms with Gasteiger partial charge in [0, 0.05) is 7.11 Å². The maximum atomic E-state index is 6.83. The molecule has 0 N–H and O–H groups in total. The van der Waals surface area contributed by atoms with Crippen LogP contribution in [-0.2, 0) is 32.2 Å². The Morgan fingerprint density at radius 2 is 1.47 bits per heavy atom. The Hall–Kier alpha value is -1.72. The lowest BCUT2D eigenvalue weighted by molar-refractivity contribution is -0.201. The molecular weight excluding hydrogens is 376 g/mol. The van der Waals surface area contributed by atoms with Crippen molar-refractivity contribution in [2.75, 3.05) is 7.11 Å². The maximum Gasteiger partial charge on any atom is 0.186 e. The lowest BCUT2D eigenvalue weighted by Gasteiger charge is -2.45. The molecule has 0 spiro atoms. The van der Waals surface area contributed by atoms with Gasteiger partial charge < -0.3 is 18.9 Å². The predicted octanol–water partition coefficient (Wildman–Crippen LogP) is 5.50. The minimum Gasteiger partial charge on any atom is -0.365 e. The SMILES string of the molecule is CO[C@H]1O[C@H](C)[C@](OCc2ccccc2)(C2CCCCC2)[C@H]1OCc1ccccc1. The number of hydrogen-bond donors (Lipinski definition) is 0. The van der Waals surface area contributed by atoms with E-state index in [1.54, 1.807) is 7.11 Å². The fraction of sp³-hybridized carbons (Fsp3) is 0.538. The molecule has 0 bridgehead atoms. The fourth-order valence-electron chi connectivity index (χ4n) is 5.19. The molecule has 2 aromatic carbocycles. The Labute approximate surface area is 180 Å². The van der Waals surface area contributed by atoms with Crippen LogP contribution in [0.5, 0.6) is 0 Å². The molecule has 2 fully saturated rings. The number of methoxy groups -OCH3 is 1. The molecule has 30 heavy (non-hydrogen) atoms. The fourth-order valence-corrected chi connectivity index (χ4v) is 5.19. The van der Waals surface area contributed by atoms with E-state index >= 15 is 0 Å². The molecule has 0 unspecified atom stereocenters. The zero-order chi connectivity index (χ0) is 20.8. The second kappa shape index (κ2) is 10.1. The van der Waals surface area contributed by atoms with E-state index in [9.17, 15) is 0 Å². The molecule has 1 saturated carbocycles. The van der Waals surface area contributed by atoms with E-state index < -0.39 is 11.9 Å². The normalized spacial score (nSPS) is 29.9. The Balaban J connectivity index is 1.62. The minimum absolute atomic E-state index is 0.102. The van der Waals surface area contributed by atoms with E-state index in [1.165, 1.54) is 24.8 Å². The molecular formula is C26H34O4. The molecule has 1 aliphatic heterocycles. The van der Waals surface area contributed by atoms with Crippen molar-refractivity contribution in [2.24, 2.45) is 5.92 Å². The molecule has 1 saturated heterocycles. The van der Waals surface area contributed by atoms with Crippen LogP contribution in [-0.4, -0.2) is 31.2 Å². The van der Waals surface area contributed by atoms with Crippen LogP contribution in [0.4, 0.5) is 0 Å². The van der Waals surface area contributed by atoms with Crippen LogP contribution in [0.3, 0.4) is 0 Å². The highest BCUT2D eigenvalue weighted by Crippen LogP contribution is 2.48. The Morgan fingerprint density at radius 3 is 2.07 bits per heavy atom. The summed E-state index contributed by atoms with van der Waals surface area (Å²) in [7, 11) is 1.70. The topological polar surface area (TPSA) is 36.9 Å². The highest BCUT2D eigenvalue weighted by Gasteiger charge is 2.61. The van der Waals surface area contributed by atoms with E-state index in [4.69, 9.17) is 18.9 Å². The van der Waals surface area contributed by atoms with Crippen LogP contribution in [0.15, 0.2) is 60.7 Å². The summed E-state index contributed by atoms with van der Waals surface area (Å²) in [4.78, 5) is 0. The van der Waals surface area contributed by atoms with Crippen molar-refractivity contribution in [1.29, 1.82) is 0 Å². The zero-order valence-corrected chi connectivity index (χ0v) is 18.2. The molecule has 162 valence electrons. The van der Waals surface area contributed by atoms with Gasteiger partial charge in [0.15, 0.2) is 6.29 Å². The molecule has 2 aliphatic rings. The Kier molecular flexibility index (Phi) is 7.21. The molecule has 2 aromatic rings. The first kappa shape index (κ1) is 21.5. The third-order valence-electron chi connectivity index (χ3n) is 6.75. The molecule has 4 nitrogen and oxygen atoms in total. The van der Waals surface area contributed by atoms with Gasteiger partial charge in [0.05, 0.1) is 19.3 Å². The van der Waals surface area contributed by atoms with Gasteiger partial charge in [0.2, 0.25) is 0 Å². The van der Waals surface area contributed by atoms with Crippen molar-refractivity contribution in [2.45, 2.75) is 76.3 Å². The van der Waals surface area contributed by atoms with Crippen molar-refractivity contribution in [3.05, 3.63) is 71.8 Å². The predicted molar refractivity (Wildman–Crippen MR) is 117 cm³/mol. The average molecular weight is 411 g/mol. The number of rotatable bonds is 8. The van der Waals surface area contributed by atoms with Gasteiger partial charge in [-0.25, -0.2) is 0 Å². The summed E-state index contributed by atoms with van der Waals surface area (Å²) >= 11 is 0. The first-order valence-electron chi connectivity index (χ1n) is 11.3. The smallest absolute Gasteiger partial charge is 0.186 e. The summed E-state index contributed by atoms with van der Waals surface area (Å²) in [6.07, 6.45) is 5.24. The molecule has 4 rings (SSSR count). The lowest BCUT2D eigenvalue weighted by Crippen LogP contribution is -2.57. The lowest BCUT2D eigenvalue weighted by atomic mass is 9.72. The zero-order valence-electron chi connectivity index (χ0n) is 18.2. The highest BCUT2D eigenvalue weighted by atomic mass is 16.7. The summed E-state index contributed by atoms with van der Waals surface area (Å²) in [6, 6.07) is 20.7. The van der Waals surface area contributed by atoms with Crippen LogP contribution in [0, 0.1) is 5.92 Å². The second-order valence-electron chi connectivity index (χ2n) is 8.56. The van der Waals surface area contributed by atoms with Gasteiger partial charge in [-0.05, 0) is 36.8 Å². The second-order valence-corrected chi connectivity index (χ2v) is 8.56. The van der Waals surface area contributed by atoms with Gasteiger partial charge in [0.1, 0.15) is 11.7 Å². The van der Waals surface area contributed by atoms with Crippen LogP contribution in [0.2, 0.25) is 0 Å². The number of benzene rings is 2. The van der Waals surface area contributed by atoms with Crippen LogP contribution in [0.1, 0.15) is 50.2 Å². The minimum atomic E-state index is -0.522. The monoisotopic (exact) mass is 410 g/mol. The van der Waals surface area contributed by atoms with Gasteiger partial charge in [-0.2, -0.15) is 0 Å². The van der Waals surface area contributed by atoms with Crippen molar-refractivity contribution in [3.8, 4) is 0 Å². The van der Waals surface area contributed by atoms with Gasteiger partial charge in [-0.3, -0.25) is 0 Å². The number of hydrogen-bond acceptors (Lipinski definition) is 4. The summed E-state index contributed by atoms with van der Waals surface area (Å²) in [6.45, 7) is 3.19. The van der Waals surface area contributed by atoms with E-state index in [0.717, 1.165) is 18.4 Å². The van der Waals surface area contributed by atoms with Gasteiger partial charge in [-0.1, -0.05) is 79.9 Å². The Morgan fingerprint density at radius 1 is 0.867 bits per heavy atom. The van der Waals surface area contributed by atoms with Crippen molar-refractivity contribution >= 4 is 0 Å². The van der Waals surface area contributed by atoms with Gasteiger partial charge >= 0.3 is 0 Å². The molecule has 4 atom stereocenters. The molecule has 0 amide bonds. The van der Waals surface area contributed by atoms with E-state index in [2.05, 4.69) is 43.3 Å². The largest absolute Gasteiger partial charge is 0.365 e. The first-order valence-corrected chi connectivity index (χ1v) is 11.3. The average Bonchev–Trinajstić information content (AvgIpc) is 3.09. The molecule has 0 aromatic heterocycles. The molecule has 4 heteroatoms. The van der Waals surface area contributed by atoms with Crippen molar-refractivity contribution in [3.63, 3.8) is 0 Å².